The van der Waals surface area contributed by atoms with Crippen LogP contribution in [0.3, 0.4) is 0 Å². The van der Waals surface area contributed by atoms with Gasteiger partial charge in [0.25, 0.3) is 5.56 Å². The number of amides is 1. The first-order valence-corrected chi connectivity index (χ1v) is 10.3. The van der Waals surface area contributed by atoms with E-state index in [0.717, 1.165) is 11.3 Å². The summed E-state index contributed by atoms with van der Waals surface area (Å²) in [5.41, 5.74) is 2.32. The van der Waals surface area contributed by atoms with Crippen LogP contribution < -0.4 is 10.9 Å². The van der Waals surface area contributed by atoms with E-state index in [1.54, 1.807) is 10.6 Å². The van der Waals surface area contributed by atoms with Gasteiger partial charge >= 0.3 is 0 Å². The van der Waals surface area contributed by atoms with Crippen molar-refractivity contribution in [2.45, 2.75) is 24.3 Å². The summed E-state index contributed by atoms with van der Waals surface area (Å²) < 4.78 is 1.78. The first-order valence-electron chi connectivity index (χ1n) is 9.35. The van der Waals surface area contributed by atoms with E-state index in [9.17, 15) is 9.59 Å². The van der Waals surface area contributed by atoms with Gasteiger partial charge in [-0.05, 0) is 36.8 Å². The highest BCUT2D eigenvalue weighted by molar-refractivity contribution is 7.98. The average Bonchev–Trinajstić information content (AvgIpc) is 3.06. The fourth-order valence-corrected chi connectivity index (χ4v) is 3.83. The number of carbonyl (C=O) groups is 1. The molecule has 4 rings (SSSR count). The van der Waals surface area contributed by atoms with Crippen molar-refractivity contribution in [3.8, 4) is 0 Å². The Hall–Kier alpha value is -3.46. The van der Waals surface area contributed by atoms with Gasteiger partial charge in [0.05, 0.1) is 23.1 Å². The first-order chi connectivity index (χ1) is 14.5. The Labute approximate surface area is 176 Å². The van der Waals surface area contributed by atoms with E-state index in [2.05, 4.69) is 25.5 Å². The SMILES string of the molecule is Cc1cccc(NC(=O)Cc2nnc(SCc3nc4ccccc4c(=O)[nH]3)n2C)c1. The second-order valence-corrected chi connectivity index (χ2v) is 7.81. The molecule has 0 aliphatic rings. The average molecular weight is 420 g/mol. The van der Waals surface area contributed by atoms with Crippen LogP contribution in [-0.4, -0.2) is 30.6 Å². The quantitative estimate of drug-likeness (QED) is 0.465. The lowest BCUT2D eigenvalue weighted by atomic mass is 10.2. The standard InChI is InChI=1S/C21H20N6O2S/c1-13-6-5-7-14(10-13)22-19(28)11-18-25-26-21(27(18)2)30-12-17-23-16-9-4-3-8-15(16)20(29)24-17/h3-10H,11-12H2,1-2H3,(H,22,28)(H,23,24,29). The molecule has 0 spiro atoms. The number of nitrogens with one attached hydrogen (secondary N) is 2. The highest BCUT2D eigenvalue weighted by Gasteiger charge is 2.14. The number of aryl methyl sites for hydroxylation is 1. The van der Waals surface area contributed by atoms with E-state index in [-0.39, 0.29) is 17.9 Å². The number of aromatic nitrogens is 5. The van der Waals surface area contributed by atoms with Crippen molar-refractivity contribution in [1.29, 1.82) is 0 Å². The summed E-state index contributed by atoms with van der Waals surface area (Å²) in [6.07, 6.45) is 0.114. The summed E-state index contributed by atoms with van der Waals surface area (Å²) in [6, 6.07) is 14.8. The molecule has 30 heavy (non-hydrogen) atoms. The van der Waals surface area contributed by atoms with Crippen molar-refractivity contribution >= 4 is 34.3 Å². The summed E-state index contributed by atoms with van der Waals surface area (Å²) in [6.45, 7) is 1.97. The number of carbonyl (C=O) groups excluding carboxylic acids is 1. The van der Waals surface area contributed by atoms with E-state index in [0.29, 0.717) is 33.5 Å². The molecule has 0 atom stereocenters. The van der Waals surface area contributed by atoms with Gasteiger partial charge in [-0.3, -0.25) is 9.59 Å². The van der Waals surface area contributed by atoms with Gasteiger partial charge in [-0.2, -0.15) is 0 Å². The molecule has 4 aromatic rings. The van der Waals surface area contributed by atoms with Crippen LogP contribution in [0.4, 0.5) is 5.69 Å². The number of hydrogen-bond acceptors (Lipinski definition) is 6. The van der Waals surface area contributed by atoms with Crippen LogP contribution in [-0.2, 0) is 24.0 Å². The molecular weight excluding hydrogens is 400 g/mol. The summed E-state index contributed by atoms with van der Waals surface area (Å²) in [7, 11) is 1.81. The Kier molecular flexibility index (Phi) is 5.62. The molecule has 0 fully saturated rings. The van der Waals surface area contributed by atoms with Gasteiger partial charge in [-0.1, -0.05) is 36.0 Å². The summed E-state index contributed by atoms with van der Waals surface area (Å²) in [5, 5.41) is 12.4. The number of fused-ring (bicyclic) bond motifs is 1. The lowest BCUT2D eigenvalue weighted by Crippen LogP contribution is -2.17. The molecule has 0 bridgehead atoms. The van der Waals surface area contributed by atoms with Crippen molar-refractivity contribution in [2.75, 3.05) is 5.32 Å². The highest BCUT2D eigenvalue weighted by atomic mass is 32.2. The van der Waals surface area contributed by atoms with Crippen LogP contribution in [0.1, 0.15) is 17.2 Å². The van der Waals surface area contributed by atoms with E-state index < -0.39 is 0 Å². The zero-order chi connectivity index (χ0) is 21.1. The fraction of sp³-hybridized carbons (Fsp3) is 0.190. The molecule has 0 unspecified atom stereocenters. The van der Waals surface area contributed by atoms with Gasteiger partial charge in [-0.25, -0.2) is 4.98 Å². The summed E-state index contributed by atoms with van der Waals surface area (Å²) >= 11 is 1.40. The van der Waals surface area contributed by atoms with Gasteiger partial charge in [0, 0.05) is 12.7 Å². The topological polar surface area (TPSA) is 106 Å². The molecule has 2 heterocycles. The number of H-pyrrole nitrogens is 1. The molecule has 0 aliphatic heterocycles. The van der Waals surface area contributed by atoms with Crippen molar-refractivity contribution in [3.63, 3.8) is 0 Å². The summed E-state index contributed by atoms with van der Waals surface area (Å²) in [5.74, 6) is 1.39. The minimum Gasteiger partial charge on any atom is -0.326 e. The maximum Gasteiger partial charge on any atom is 0.258 e. The molecular formula is C21H20N6O2S. The lowest BCUT2D eigenvalue weighted by Gasteiger charge is -2.06. The number of thioether (sulfide) groups is 1. The fourth-order valence-electron chi connectivity index (χ4n) is 3.03. The predicted octanol–water partition coefficient (Wildman–Crippen LogP) is 2.83. The van der Waals surface area contributed by atoms with Crippen molar-refractivity contribution in [1.82, 2.24) is 24.7 Å². The van der Waals surface area contributed by atoms with Gasteiger partial charge in [0.15, 0.2) is 5.16 Å². The number of nitrogens with zero attached hydrogens (tertiary/aromatic N) is 4. The second-order valence-electron chi connectivity index (χ2n) is 6.87. The Balaban J connectivity index is 1.42. The molecule has 0 aliphatic carbocycles. The molecule has 2 aromatic carbocycles. The van der Waals surface area contributed by atoms with Gasteiger partial charge < -0.3 is 14.9 Å². The van der Waals surface area contributed by atoms with Gasteiger partial charge in [0.2, 0.25) is 5.91 Å². The van der Waals surface area contributed by atoms with E-state index in [1.165, 1.54) is 11.8 Å². The minimum absolute atomic E-state index is 0.114. The van der Waals surface area contributed by atoms with Gasteiger partial charge in [-0.15, -0.1) is 10.2 Å². The number of anilines is 1. The van der Waals surface area contributed by atoms with Gasteiger partial charge in [0.1, 0.15) is 11.6 Å². The zero-order valence-electron chi connectivity index (χ0n) is 16.5. The third-order valence-electron chi connectivity index (χ3n) is 4.55. The molecule has 2 aromatic heterocycles. The number of para-hydroxylation sites is 1. The highest BCUT2D eigenvalue weighted by Crippen LogP contribution is 2.20. The van der Waals surface area contributed by atoms with Crippen LogP contribution >= 0.6 is 11.8 Å². The smallest absolute Gasteiger partial charge is 0.258 e. The first kappa shape index (κ1) is 19.8. The van der Waals surface area contributed by atoms with Crippen LogP contribution in [0, 0.1) is 6.92 Å². The molecule has 8 nitrogen and oxygen atoms in total. The molecule has 9 heteroatoms. The normalized spacial score (nSPS) is 11.0. The van der Waals surface area contributed by atoms with Crippen LogP contribution in [0.15, 0.2) is 58.5 Å². The number of aromatic amines is 1. The van der Waals surface area contributed by atoms with Crippen molar-refractivity contribution < 1.29 is 4.79 Å². The maximum absolute atomic E-state index is 12.3. The number of benzene rings is 2. The third-order valence-corrected chi connectivity index (χ3v) is 5.58. The number of hydrogen-bond donors (Lipinski definition) is 2. The maximum atomic E-state index is 12.3. The Morgan fingerprint density at radius 1 is 1.17 bits per heavy atom. The van der Waals surface area contributed by atoms with Crippen molar-refractivity contribution in [2.24, 2.45) is 7.05 Å². The zero-order valence-corrected chi connectivity index (χ0v) is 17.4. The third kappa shape index (κ3) is 4.41. The molecule has 152 valence electrons. The minimum atomic E-state index is -0.164. The van der Waals surface area contributed by atoms with Crippen LogP contribution in [0.25, 0.3) is 10.9 Å². The largest absolute Gasteiger partial charge is 0.326 e. The van der Waals surface area contributed by atoms with Crippen molar-refractivity contribution in [3.05, 3.63) is 76.1 Å². The molecule has 1 amide bonds. The Morgan fingerprint density at radius 2 is 2.00 bits per heavy atom. The molecule has 0 saturated carbocycles. The van der Waals surface area contributed by atoms with E-state index >= 15 is 0 Å². The van der Waals surface area contributed by atoms with Crippen LogP contribution in [0.2, 0.25) is 0 Å². The predicted molar refractivity (Wildman–Crippen MR) is 116 cm³/mol. The Morgan fingerprint density at radius 3 is 2.83 bits per heavy atom. The Bertz CT molecular complexity index is 1280. The number of rotatable bonds is 6. The molecule has 0 radical (unpaired) electrons. The lowest BCUT2D eigenvalue weighted by molar-refractivity contribution is -0.115. The van der Waals surface area contributed by atoms with Crippen LogP contribution in [0.5, 0.6) is 0 Å². The molecule has 0 saturated heterocycles. The summed E-state index contributed by atoms with van der Waals surface area (Å²) in [4.78, 5) is 31.8. The monoisotopic (exact) mass is 420 g/mol. The molecule has 2 N–H and O–H groups in total. The van der Waals surface area contributed by atoms with E-state index in [1.807, 2.05) is 56.4 Å². The second kappa shape index (κ2) is 8.50. The van der Waals surface area contributed by atoms with E-state index in [4.69, 9.17) is 0 Å².